The highest BCUT2D eigenvalue weighted by atomic mass is 16.6. The Morgan fingerprint density at radius 3 is 2.96 bits per heavy atom. The van der Waals surface area contributed by atoms with Gasteiger partial charge in [0.15, 0.2) is 0 Å². The van der Waals surface area contributed by atoms with E-state index in [4.69, 9.17) is 0 Å². The third-order valence-corrected chi connectivity index (χ3v) is 5.02. The Morgan fingerprint density at radius 1 is 1.30 bits per heavy atom. The van der Waals surface area contributed by atoms with E-state index in [9.17, 15) is 15.2 Å². The minimum Gasteiger partial charge on any atom is -0.507 e. The number of nitrogens with zero attached hydrogens (tertiary/aromatic N) is 3. The summed E-state index contributed by atoms with van der Waals surface area (Å²) in [7, 11) is 0. The van der Waals surface area contributed by atoms with Crippen LogP contribution in [0.5, 0.6) is 5.75 Å². The highest BCUT2D eigenvalue weighted by Gasteiger charge is 2.32. The summed E-state index contributed by atoms with van der Waals surface area (Å²) < 4.78 is 0. The lowest BCUT2D eigenvalue weighted by Crippen LogP contribution is -2.48. The maximum absolute atomic E-state index is 10.8. The molecule has 6 nitrogen and oxygen atoms in total. The number of piperidine rings is 2. The Kier molecular flexibility index (Phi) is 4.91. The molecule has 1 aromatic rings. The Balaban J connectivity index is 1.66. The molecule has 0 aliphatic carbocycles. The van der Waals surface area contributed by atoms with Gasteiger partial charge in [-0.2, -0.15) is 0 Å². The van der Waals surface area contributed by atoms with Crippen LogP contribution in [0.3, 0.4) is 0 Å². The first kappa shape index (κ1) is 15.9. The number of phenols is 1. The van der Waals surface area contributed by atoms with E-state index in [0.29, 0.717) is 17.5 Å². The molecule has 2 fully saturated rings. The van der Waals surface area contributed by atoms with Crippen LogP contribution in [-0.2, 0) is 0 Å². The lowest BCUT2D eigenvalue weighted by molar-refractivity contribution is -0.384. The molecule has 1 N–H and O–H groups in total. The molecule has 124 valence electrons. The summed E-state index contributed by atoms with van der Waals surface area (Å²) in [5.41, 5.74) is 0.385. The Hall–Kier alpha value is -1.95. The van der Waals surface area contributed by atoms with E-state index in [1.54, 1.807) is 6.21 Å². The molecule has 0 spiro atoms. The Morgan fingerprint density at radius 2 is 2.13 bits per heavy atom. The number of aromatic hydroxyl groups is 1. The lowest BCUT2D eigenvalue weighted by Gasteiger charge is -2.43. The number of aliphatic imine (C=N–C) groups is 1. The van der Waals surface area contributed by atoms with Crippen LogP contribution >= 0.6 is 0 Å². The number of hydrogen-bond donors (Lipinski definition) is 1. The van der Waals surface area contributed by atoms with E-state index in [2.05, 4.69) is 9.89 Å². The fourth-order valence-electron chi connectivity index (χ4n) is 3.84. The van der Waals surface area contributed by atoms with Crippen molar-refractivity contribution >= 4 is 11.9 Å². The van der Waals surface area contributed by atoms with Gasteiger partial charge >= 0.3 is 0 Å². The summed E-state index contributed by atoms with van der Waals surface area (Å²) in [6.45, 7) is 3.14. The highest BCUT2D eigenvalue weighted by Crippen LogP contribution is 2.31. The van der Waals surface area contributed by atoms with Gasteiger partial charge in [-0.3, -0.25) is 15.1 Å². The van der Waals surface area contributed by atoms with Crippen LogP contribution < -0.4 is 0 Å². The van der Waals surface area contributed by atoms with E-state index < -0.39 is 4.92 Å². The predicted octanol–water partition coefficient (Wildman–Crippen LogP) is 2.98. The van der Waals surface area contributed by atoms with E-state index in [1.807, 2.05) is 0 Å². The molecule has 0 unspecified atom stereocenters. The van der Waals surface area contributed by atoms with Gasteiger partial charge in [0.05, 0.1) is 4.92 Å². The first-order chi connectivity index (χ1) is 11.1. The number of phenolic OH excluding ortho intramolecular Hbond substituents is 1. The average Bonchev–Trinajstić information content (AvgIpc) is 2.56. The van der Waals surface area contributed by atoms with Gasteiger partial charge in [-0.1, -0.05) is 6.42 Å². The topological polar surface area (TPSA) is 79.0 Å². The molecule has 3 rings (SSSR count). The van der Waals surface area contributed by atoms with Gasteiger partial charge in [0, 0.05) is 36.5 Å². The normalized spacial score (nSPS) is 25.4. The number of nitro groups is 1. The quantitative estimate of drug-likeness (QED) is 0.526. The van der Waals surface area contributed by atoms with Crippen LogP contribution in [0.25, 0.3) is 0 Å². The first-order valence-corrected chi connectivity index (χ1v) is 8.36. The van der Waals surface area contributed by atoms with Crippen LogP contribution in [0.2, 0.25) is 0 Å². The molecular formula is C17H23N3O3. The van der Waals surface area contributed by atoms with Crippen molar-refractivity contribution in [1.82, 2.24) is 4.90 Å². The Bertz CT molecular complexity index is 601. The highest BCUT2D eigenvalue weighted by molar-refractivity contribution is 5.84. The molecule has 2 heterocycles. The molecule has 0 aromatic heterocycles. The van der Waals surface area contributed by atoms with Crippen molar-refractivity contribution in [2.45, 2.75) is 38.1 Å². The number of hydrogen-bond acceptors (Lipinski definition) is 5. The number of nitro benzene ring substituents is 1. The second-order valence-corrected chi connectivity index (χ2v) is 6.50. The summed E-state index contributed by atoms with van der Waals surface area (Å²) in [5, 5.41) is 20.6. The summed E-state index contributed by atoms with van der Waals surface area (Å²) >= 11 is 0. The largest absolute Gasteiger partial charge is 0.507 e. The number of benzene rings is 1. The van der Waals surface area contributed by atoms with E-state index in [0.717, 1.165) is 6.54 Å². The number of non-ortho nitro benzene ring substituents is 1. The molecule has 2 aliphatic heterocycles. The molecule has 2 saturated heterocycles. The van der Waals surface area contributed by atoms with E-state index in [-0.39, 0.29) is 11.4 Å². The third kappa shape index (κ3) is 3.69. The molecule has 2 atom stereocenters. The minimum absolute atomic E-state index is 0.0274. The maximum Gasteiger partial charge on any atom is 0.270 e. The zero-order valence-corrected chi connectivity index (χ0v) is 13.2. The second kappa shape index (κ2) is 7.08. The zero-order chi connectivity index (χ0) is 16.2. The van der Waals surface area contributed by atoms with Crippen molar-refractivity contribution < 1.29 is 10.0 Å². The summed E-state index contributed by atoms with van der Waals surface area (Å²) in [6, 6.07) is 4.65. The van der Waals surface area contributed by atoms with Crippen LogP contribution in [0.15, 0.2) is 23.2 Å². The summed E-state index contributed by atoms with van der Waals surface area (Å²) in [5.74, 6) is 0.587. The third-order valence-electron chi connectivity index (χ3n) is 5.02. The smallest absolute Gasteiger partial charge is 0.270 e. The molecule has 23 heavy (non-hydrogen) atoms. The molecule has 2 aliphatic rings. The predicted molar refractivity (Wildman–Crippen MR) is 89.2 cm³/mol. The van der Waals surface area contributed by atoms with Crippen molar-refractivity contribution in [1.29, 1.82) is 0 Å². The van der Waals surface area contributed by atoms with Crippen LogP contribution in [0.1, 0.15) is 37.7 Å². The second-order valence-electron chi connectivity index (χ2n) is 6.50. The van der Waals surface area contributed by atoms with Gasteiger partial charge in [-0.25, -0.2) is 0 Å². The average molecular weight is 317 g/mol. The minimum atomic E-state index is -0.460. The van der Waals surface area contributed by atoms with Crippen LogP contribution in [-0.4, -0.2) is 46.8 Å². The SMILES string of the molecule is O=[N+]([O-])c1ccc(O)c(C=NC[C@H]2CCCN3CCCC[C@@H]23)c1. The number of rotatable bonds is 4. The fraction of sp³-hybridized carbons (Fsp3) is 0.588. The van der Waals surface area contributed by atoms with Crippen molar-refractivity contribution in [3.8, 4) is 5.75 Å². The van der Waals surface area contributed by atoms with Gasteiger partial charge in [0.25, 0.3) is 5.69 Å². The molecule has 0 saturated carbocycles. The molecule has 1 aromatic carbocycles. The van der Waals surface area contributed by atoms with Crippen LogP contribution in [0, 0.1) is 16.0 Å². The lowest BCUT2D eigenvalue weighted by atomic mass is 9.83. The maximum atomic E-state index is 10.8. The van der Waals surface area contributed by atoms with Gasteiger partial charge in [-0.15, -0.1) is 0 Å². The standard InChI is InChI=1S/C17H23N3O3/c21-17-7-6-15(20(22)23)10-14(17)12-18-11-13-4-3-9-19-8-2-1-5-16(13)19/h6-7,10,12-13,16,21H,1-5,8-9,11H2/t13-,16+/m1/s1. The molecule has 0 radical (unpaired) electrons. The monoisotopic (exact) mass is 317 g/mol. The Labute approximate surface area is 136 Å². The molecule has 0 bridgehead atoms. The molecular weight excluding hydrogens is 294 g/mol. The summed E-state index contributed by atoms with van der Waals surface area (Å²) in [4.78, 5) is 17.4. The van der Waals surface area contributed by atoms with E-state index >= 15 is 0 Å². The van der Waals surface area contributed by atoms with Gasteiger partial charge in [0.2, 0.25) is 0 Å². The van der Waals surface area contributed by atoms with Crippen LogP contribution in [0.4, 0.5) is 5.69 Å². The van der Waals surface area contributed by atoms with E-state index in [1.165, 1.54) is 63.4 Å². The number of fused-ring (bicyclic) bond motifs is 1. The van der Waals surface area contributed by atoms with Gasteiger partial charge < -0.3 is 10.0 Å². The van der Waals surface area contributed by atoms with Gasteiger partial charge in [0.1, 0.15) is 5.75 Å². The van der Waals surface area contributed by atoms with Gasteiger partial charge in [-0.05, 0) is 50.8 Å². The van der Waals surface area contributed by atoms with Crippen molar-refractivity contribution in [2.24, 2.45) is 10.9 Å². The van der Waals surface area contributed by atoms with Crippen molar-refractivity contribution in [3.05, 3.63) is 33.9 Å². The fourth-order valence-corrected chi connectivity index (χ4v) is 3.84. The molecule has 0 amide bonds. The first-order valence-electron chi connectivity index (χ1n) is 8.36. The zero-order valence-electron chi connectivity index (χ0n) is 13.2. The van der Waals surface area contributed by atoms with Crippen molar-refractivity contribution in [2.75, 3.05) is 19.6 Å². The van der Waals surface area contributed by atoms with Crippen molar-refractivity contribution in [3.63, 3.8) is 0 Å². The molecule has 6 heteroatoms. The summed E-state index contributed by atoms with van der Waals surface area (Å²) in [6.07, 6.45) is 7.84.